The predicted octanol–water partition coefficient (Wildman–Crippen LogP) is 6.35. The number of benzene rings is 2. The summed E-state index contributed by atoms with van der Waals surface area (Å²) in [5, 5.41) is 17.2. The summed E-state index contributed by atoms with van der Waals surface area (Å²) in [6.07, 6.45) is 7.61. The van der Waals surface area contributed by atoms with Crippen LogP contribution in [0.25, 0.3) is 22.2 Å². The largest absolute Gasteiger partial charge is 0.490 e. The molecular formula is C32H29F2N7O3. The lowest BCUT2D eigenvalue weighted by Crippen LogP contribution is -2.29. The lowest BCUT2D eigenvalue weighted by molar-refractivity contribution is 0.219. The number of fused-ring (bicyclic) bond motifs is 1. The van der Waals surface area contributed by atoms with Gasteiger partial charge in [0.15, 0.2) is 17.4 Å². The van der Waals surface area contributed by atoms with E-state index < -0.39 is 17.4 Å². The molecule has 0 amide bonds. The van der Waals surface area contributed by atoms with Gasteiger partial charge in [-0.25, -0.2) is 18.8 Å². The standard InChI is InChI=1S/C32H29F2N7O3/c1-18(2)43-27-5-4-21(9-22(27)12-35)24-15-37-31-29(24)28(6-7-36-31)44-30-25(33)10-23(11-26(30)34)40-32-38-13-20(17-42-32)8-19-14-39-41(3)16-19/h4-7,9-11,14-16,18,20H,8,13,17H2,1-3H3,(H,36,37)(H,38,40)/t20-/m1/s1. The molecule has 0 saturated carbocycles. The fourth-order valence-electron chi connectivity index (χ4n) is 5.06. The molecule has 0 fully saturated rings. The van der Waals surface area contributed by atoms with E-state index in [0.717, 1.165) is 24.1 Å². The minimum Gasteiger partial charge on any atom is -0.490 e. The maximum atomic E-state index is 15.3. The van der Waals surface area contributed by atoms with E-state index in [-0.39, 0.29) is 29.5 Å². The van der Waals surface area contributed by atoms with Crippen molar-refractivity contribution in [1.29, 1.82) is 5.26 Å². The third kappa shape index (κ3) is 6.03. The van der Waals surface area contributed by atoms with E-state index in [1.807, 2.05) is 33.3 Å². The number of rotatable bonds is 8. The summed E-state index contributed by atoms with van der Waals surface area (Å²) in [5.41, 5.74) is 3.35. The Balaban J connectivity index is 1.22. The summed E-state index contributed by atoms with van der Waals surface area (Å²) >= 11 is 0. The van der Waals surface area contributed by atoms with E-state index in [9.17, 15) is 5.26 Å². The molecule has 3 aromatic heterocycles. The molecule has 0 saturated heterocycles. The average molecular weight is 598 g/mol. The number of aliphatic imine (C=N–C) groups is 1. The van der Waals surface area contributed by atoms with E-state index in [2.05, 4.69) is 31.4 Å². The number of pyridine rings is 1. The minimum atomic E-state index is -0.914. The van der Waals surface area contributed by atoms with Crippen LogP contribution in [0.5, 0.6) is 17.2 Å². The fraction of sp³-hybridized carbons (Fsp3) is 0.250. The topological polar surface area (TPSA) is 122 Å². The number of nitrogens with zero attached hydrogens (tertiary/aromatic N) is 5. The third-order valence-electron chi connectivity index (χ3n) is 7.00. The molecule has 1 aliphatic rings. The van der Waals surface area contributed by atoms with Crippen LogP contribution in [0.2, 0.25) is 0 Å². The van der Waals surface area contributed by atoms with Crippen molar-refractivity contribution in [3.05, 3.63) is 83.9 Å². The molecular weight excluding hydrogens is 568 g/mol. The molecule has 1 atom stereocenters. The Morgan fingerprint density at radius 3 is 2.68 bits per heavy atom. The molecule has 2 aromatic carbocycles. The molecule has 2 N–H and O–H groups in total. The van der Waals surface area contributed by atoms with Crippen molar-refractivity contribution in [2.24, 2.45) is 18.0 Å². The van der Waals surface area contributed by atoms with E-state index in [1.165, 1.54) is 12.3 Å². The summed E-state index contributed by atoms with van der Waals surface area (Å²) in [6.45, 7) is 4.67. The van der Waals surface area contributed by atoms with Crippen LogP contribution in [0.4, 0.5) is 14.5 Å². The van der Waals surface area contributed by atoms with Gasteiger partial charge in [-0.2, -0.15) is 10.4 Å². The van der Waals surface area contributed by atoms with Crippen molar-refractivity contribution >= 4 is 22.7 Å². The van der Waals surface area contributed by atoms with Crippen molar-refractivity contribution < 1.29 is 23.0 Å². The van der Waals surface area contributed by atoms with Crippen LogP contribution in [-0.2, 0) is 18.2 Å². The van der Waals surface area contributed by atoms with Gasteiger partial charge in [0.05, 0.1) is 36.4 Å². The number of ether oxygens (including phenoxy) is 3. The summed E-state index contributed by atoms with van der Waals surface area (Å²) in [6, 6.07) is 11.3. The molecule has 1 aliphatic heterocycles. The second kappa shape index (κ2) is 12.0. The number of amidine groups is 1. The van der Waals surface area contributed by atoms with Gasteiger partial charge in [-0.15, -0.1) is 0 Å². The van der Waals surface area contributed by atoms with Gasteiger partial charge >= 0.3 is 0 Å². The molecule has 5 aromatic rings. The van der Waals surface area contributed by atoms with Crippen molar-refractivity contribution in [3.8, 4) is 34.4 Å². The van der Waals surface area contributed by atoms with E-state index in [4.69, 9.17) is 14.2 Å². The SMILES string of the molecule is CC(C)Oc1ccc(-c2c[nH]c3nccc(Oc4c(F)cc(NC5=NC[C@@H](Cc6cnn(C)c6)CO5)cc4F)c23)cc1C#N. The van der Waals surface area contributed by atoms with E-state index >= 15 is 8.78 Å². The summed E-state index contributed by atoms with van der Waals surface area (Å²) in [5.74, 6) is -1.58. The number of hydrogen-bond acceptors (Lipinski definition) is 8. The molecule has 0 spiro atoms. The highest BCUT2D eigenvalue weighted by molar-refractivity contribution is 5.98. The van der Waals surface area contributed by atoms with Gasteiger partial charge in [0.1, 0.15) is 23.2 Å². The van der Waals surface area contributed by atoms with Crippen LogP contribution >= 0.6 is 0 Å². The van der Waals surface area contributed by atoms with E-state index in [0.29, 0.717) is 46.6 Å². The Morgan fingerprint density at radius 1 is 1.18 bits per heavy atom. The molecule has 6 rings (SSSR count). The van der Waals surface area contributed by atoms with Crippen molar-refractivity contribution in [3.63, 3.8) is 0 Å². The molecule has 0 bridgehead atoms. The second-order valence-electron chi connectivity index (χ2n) is 10.8. The number of aromatic nitrogens is 4. The first-order chi connectivity index (χ1) is 21.3. The normalized spacial score (nSPS) is 14.7. The summed E-state index contributed by atoms with van der Waals surface area (Å²) in [7, 11) is 1.86. The zero-order valence-corrected chi connectivity index (χ0v) is 24.3. The molecule has 10 nitrogen and oxygen atoms in total. The number of halogens is 2. The number of hydrogen-bond donors (Lipinski definition) is 2. The molecule has 224 valence electrons. The van der Waals surface area contributed by atoms with Crippen LogP contribution in [0, 0.1) is 28.9 Å². The first-order valence-electron chi connectivity index (χ1n) is 14.0. The monoisotopic (exact) mass is 597 g/mol. The van der Waals surface area contributed by atoms with Gasteiger partial charge in [-0.05, 0) is 49.6 Å². The maximum absolute atomic E-state index is 15.3. The molecule has 0 radical (unpaired) electrons. The molecule has 44 heavy (non-hydrogen) atoms. The van der Waals surface area contributed by atoms with Crippen LogP contribution < -0.4 is 14.8 Å². The smallest absolute Gasteiger partial charge is 0.289 e. The van der Waals surface area contributed by atoms with Gasteiger partial charge in [-0.3, -0.25) is 4.68 Å². The summed E-state index contributed by atoms with van der Waals surface area (Å²) in [4.78, 5) is 11.8. The van der Waals surface area contributed by atoms with Gasteiger partial charge in [0.2, 0.25) is 0 Å². The van der Waals surface area contributed by atoms with Gasteiger partial charge < -0.3 is 24.5 Å². The van der Waals surface area contributed by atoms with Gasteiger partial charge in [0.25, 0.3) is 6.02 Å². The number of H-pyrrole nitrogens is 1. The Hall–Kier alpha value is -5.44. The van der Waals surface area contributed by atoms with Crippen molar-refractivity contribution in [2.75, 3.05) is 18.5 Å². The first-order valence-corrected chi connectivity index (χ1v) is 14.0. The lowest BCUT2D eigenvalue weighted by atomic mass is 10.0. The average Bonchev–Trinajstić information content (AvgIpc) is 3.62. The van der Waals surface area contributed by atoms with Crippen molar-refractivity contribution in [1.82, 2.24) is 19.7 Å². The van der Waals surface area contributed by atoms with Crippen LogP contribution in [-0.4, -0.2) is 45.0 Å². The molecule has 12 heteroatoms. The highest BCUT2D eigenvalue weighted by atomic mass is 19.1. The number of nitriles is 1. The van der Waals surface area contributed by atoms with Crippen LogP contribution in [0.3, 0.4) is 0 Å². The van der Waals surface area contributed by atoms with Crippen LogP contribution in [0.15, 0.2) is 66.2 Å². The zero-order chi connectivity index (χ0) is 30.8. The quantitative estimate of drug-likeness (QED) is 0.214. The predicted molar refractivity (Wildman–Crippen MR) is 161 cm³/mol. The number of aromatic amines is 1. The zero-order valence-electron chi connectivity index (χ0n) is 24.3. The Labute approximate surface area is 251 Å². The number of aryl methyl sites for hydroxylation is 1. The second-order valence-corrected chi connectivity index (χ2v) is 10.8. The minimum absolute atomic E-state index is 0.102. The molecule has 4 heterocycles. The first kappa shape index (κ1) is 28.7. The lowest BCUT2D eigenvalue weighted by Gasteiger charge is -2.22. The number of nitrogens with one attached hydrogen (secondary N) is 2. The highest BCUT2D eigenvalue weighted by Gasteiger charge is 2.22. The molecule has 0 unspecified atom stereocenters. The fourth-order valence-corrected chi connectivity index (χ4v) is 5.06. The van der Waals surface area contributed by atoms with Crippen LogP contribution in [0.1, 0.15) is 25.0 Å². The van der Waals surface area contributed by atoms with Gasteiger partial charge in [0, 0.05) is 54.9 Å². The molecule has 0 aliphatic carbocycles. The Bertz CT molecular complexity index is 1880. The highest BCUT2D eigenvalue weighted by Crippen LogP contribution is 2.39. The van der Waals surface area contributed by atoms with E-state index in [1.54, 1.807) is 29.1 Å². The van der Waals surface area contributed by atoms with Gasteiger partial charge in [-0.1, -0.05) is 6.07 Å². The Morgan fingerprint density at radius 2 is 2.00 bits per heavy atom. The number of anilines is 1. The third-order valence-corrected chi connectivity index (χ3v) is 7.00. The Kier molecular flexibility index (Phi) is 7.85. The maximum Gasteiger partial charge on any atom is 0.289 e. The van der Waals surface area contributed by atoms with Crippen molar-refractivity contribution in [2.45, 2.75) is 26.4 Å². The summed E-state index contributed by atoms with van der Waals surface area (Å²) < 4.78 is 49.6.